The third-order valence-corrected chi connectivity index (χ3v) is 3.75. The largest absolute Gasteiger partial charge is 0.309 e. The minimum absolute atomic E-state index is 0.825. The fourth-order valence-corrected chi connectivity index (χ4v) is 2.91. The lowest BCUT2D eigenvalue weighted by atomic mass is 9.94. The summed E-state index contributed by atoms with van der Waals surface area (Å²) in [6, 6.07) is 1.65. The van der Waals surface area contributed by atoms with Gasteiger partial charge in [0, 0.05) is 31.7 Å². The van der Waals surface area contributed by atoms with E-state index < -0.39 is 0 Å². The zero-order chi connectivity index (χ0) is 8.67. The molecule has 2 atom stereocenters. The molecule has 2 nitrogen and oxygen atoms in total. The van der Waals surface area contributed by atoms with Crippen LogP contribution in [0.25, 0.3) is 0 Å². The van der Waals surface area contributed by atoms with Crippen LogP contribution in [0, 0.1) is 5.92 Å². The lowest BCUT2D eigenvalue weighted by Crippen LogP contribution is -2.58. The molecule has 3 fully saturated rings. The Balaban J connectivity index is 1.57. The Morgan fingerprint density at radius 2 is 1.69 bits per heavy atom. The standard InChI is InChI=1S/C11H20N2/c1-2-10-7-13(6-9-4-5-9)8-11(3-1)12-10/h9-12H,1-8H2. The number of fused-ring (bicyclic) bond motifs is 2. The van der Waals surface area contributed by atoms with Crippen molar-refractivity contribution in [3.05, 3.63) is 0 Å². The van der Waals surface area contributed by atoms with E-state index in [-0.39, 0.29) is 0 Å². The number of likely N-dealkylation sites (tertiary alicyclic amines) is 1. The van der Waals surface area contributed by atoms with E-state index in [1.165, 1.54) is 51.7 Å². The number of hydrogen-bond acceptors (Lipinski definition) is 2. The highest BCUT2D eigenvalue weighted by molar-refractivity contribution is 4.91. The van der Waals surface area contributed by atoms with Crippen molar-refractivity contribution in [1.82, 2.24) is 10.2 Å². The Morgan fingerprint density at radius 1 is 1.00 bits per heavy atom. The SMILES string of the molecule is C1CC2CN(CC3CC3)CC(C1)N2. The molecule has 0 aromatic rings. The highest BCUT2D eigenvalue weighted by Gasteiger charge is 2.32. The minimum atomic E-state index is 0.825. The van der Waals surface area contributed by atoms with Crippen LogP contribution in [0.15, 0.2) is 0 Å². The predicted molar refractivity (Wildman–Crippen MR) is 53.7 cm³/mol. The second-order valence-corrected chi connectivity index (χ2v) is 5.15. The Labute approximate surface area is 80.7 Å². The van der Waals surface area contributed by atoms with Gasteiger partial charge in [-0.2, -0.15) is 0 Å². The van der Waals surface area contributed by atoms with Crippen LogP contribution in [0.2, 0.25) is 0 Å². The summed E-state index contributed by atoms with van der Waals surface area (Å²) in [6.07, 6.45) is 7.29. The van der Waals surface area contributed by atoms with E-state index >= 15 is 0 Å². The molecule has 0 aromatic carbocycles. The zero-order valence-electron chi connectivity index (χ0n) is 8.34. The number of nitrogens with zero attached hydrogens (tertiary/aromatic N) is 1. The van der Waals surface area contributed by atoms with Gasteiger partial charge in [0.1, 0.15) is 0 Å². The number of nitrogens with one attached hydrogen (secondary N) is 1. The van der Waals surface area contributed by atoms with Gasteiger partial charge in [0.05, 0.1) is 0 Å². The maximum atomic E-state index is 3.73. The first kappa shape index (κ1) is 8.25. The Morgan fingerprint density at radius 3 is 2.31 bits per heavy atom. The molecule has 0 radical (unpaired) electrons. The average molecular weight is 180 g/mol. The fourth-order valence-electron chi connectivity index (χ4n) is 2.91. The first-order valence-electron chi connectivity index (χ1n) is 5.88. The lowest BCUT2D eigenvalue weighted by molar-refractivity contribution is 0.121. The molecule has 2 aliphatic heterocycles. The van der Waals surface area contributed by atoms with Gasteiger partial charge in [-0.3, -0.25) is 4.90 Å². The number of rotatable bonds is 2. The summed E-state index contributed by atoms with van der Waals surface area (Å²) in [7, 11) is 0. The molecule has 3 rings (SSSR count). The summed E-state index contributed by atoms with van der Waals surface area (Å²) in [5, 5.41) is 3.73. The third kappa shape index (κ3) is 1.89. The maximum Gasteiger partial charge on any atom is 0.0198 e. The van der Waals surface area contributed by atoms with Crippen LogP contribution in [-0.4, -0.2) is 36.6 Å². The molecule has 1 aliphatic carbocycles. The summed E-state index contributed by atoms with van der Waals surface area (Å²) in [6.45, 7) is 4.05. The van der Waals surface area contributed by atoms with Gasteiger partial charge in [0.25, 0.3) is 0 Å². The third-order valence-electron chi connectivity index (χ3n) is 3.75. The normalized spacial score (nSPS) is 40.6. The van der Waals surface area contributed by atoms with Crippen LogP contribution in [-0.2, 0) is 0 Å². The van der Waals surface area contributed by atoms with E-state index in [2.05, 4.69) is 10.2 Å². The first-order valence-corrected chi connectivity index (χ1v) is 5.88. The molecule has 1 saturated carbocycles. The molecule has 2 unspecified atom stereocenters. The van der Waals surface area contributed by atoms with Crippen molar-refractivity contribution in [3.8, 4) is 0 Å². The lowest BCUT2D eigenvalue weighted by Gasteiger charge is -2.42. The number of piperazine rings is 1. The van der Waals surface area contributed by atoms with E-state index in [0.29, 0.717) is 0 Å². The maximum absolute atomic E-state index is 3.73. The van der Waals surface area contributed by atoms with Crippen LogP contribution in [0.5, 0.6) is 0 Å². The van der Waals surface area contributed by atoms with Crippen LogP contribution in [0.1, 0.15) is 32.1 Å². The van der Waals surface area contributed by atoms with E-state index in [1.807, 2.05) is 0 Å². The van der Waals surface area contributed by atoms with E-state index in [0.717, 1.165) is 18.0 Å². The zero-order valence-corrected chi connectivity index (χ0v) is 8.34. The van der Waals surface area contributed by atoms with E-state index in [9.17, 15) is 0 Å². The van der Waals surface area contributed by atoms with Crippen molar-refractivity contribution < 1.29 is 0 Å². The monoisotopic (exact) mass is 180 g/mol. The van der Waals surface area contributed by atoms with Crippen molar-refractivity contribution in [3.63, 3.8) is 0 Å². The van der Waals surface area contributed by atoms with Crippen molar-refractivity contribution in [2.24, 2.45) is 5.92 Å². The summed E-state index contributed by atoms with van der Waals surface area (Å²) >= 11 is 0. The van der Waals surface area contributed by atoms with Crippen molar-refractivity contribution in [2.75, 3.05) is 19.6 Å². The van der Waals surface area contributed by atoms with Gasteiger partial charge in [0.15, 0.2) is 0 Å². The van der Waals surface area contributed by atoms with Crippen LogP contribution in [0.4, 0.5) is 0 Å². The summed E-state index contributed by atoms with van der Waals surface area (Å²) in [4.78, 5) is 2.71. The highest BCUT2D eigenvalue weighted by Crippen LogP contribution is 2.31. The molecule has 2 saturated heterocycles. The van der Waals surface area contributed by atoms with Gasteiger partial charge in [-0.15, -0.1) is 0 Å². The van der Waals surface area contributed by atoms with Gasteiger partial charge < -0.3 is 5.32 Å². The molecule has 2 bridgehead atoms. The minimum Gasteiger partial charge on any atom is -0.309 e. The van der Waals surface area contributed by atoms with Crippen molar-refractivity contribution in [2.45, 2.75) is 44.2 Å². The van der Waals surface area contributed by atoms with Gasteiger partial charge in [-0.25, -0.2) is 0 Å². The second-order valence-electron chi connectivity index (χ2n) is 5.15. The molecule has 1 N–H and O–H groups in total. The highest BCUT2D eigenvalue weighted by atomic mass is 15.2. The summed E-state index contributed by atoms with van der Waals surface area (Å²) in [5.41, 5.74) is 0. The number of hydrogen-bond donors (Lipinski definition) is 1. The Bertz CT molecular complexity index is 177. The first-order chi connectivity index (χ1) is 6.40. The topological polar surface area (TPSA) is 15.3 Å². The van der Waals surface area contributed by atoms with Gasteiger partial charge in [-0.05, 0) is 31.6 Å². The van der Waals surface area contributed by atoms with Crippen LogP contribution >= 0.6 is 0 Å². The molecule has 0 spiro atoms. The van der Waals surface area contributed by atoms with E-state index in [1.54, 1.807) is 0 Å². The molecule has 74 valence electrons. The van der Waals surface area contributed by atoms with Gasteiger partial charge >= 0.3 is 0 Å². The molecule has 13 heavy (non-hydrogen) atoms. The molecule has 0 aromatic heterocycles. The predicted octanol–water partition coefficient (Wildman–Crippen LogP) is 1.22. The molecule has 2 heterocycles. The average Bonchev–Trinajstić information content (AvgIpc) is 2.87. The molecule has 0 amide bonds. The summed E-state index contributed by atoms with van der Waals surface area (Å²) < 4.78 is 0. The molecular weight excluding hydrogens is 160 g/mol. The smallest absolute Gasteiger partial charge is 0.0198 e. The fraction of sp³-hybridized carbons (Fsp3) is 1.00. The quantitative estimate of drug-likeness (QED) is 0.687. The molecular formula is C11H20N2. The number of piperidine rings is 1. The Kier molecular flexibility index (Phi) is 2.06. The van der Waals surface area contributed by atoms with Crippen LogP contribution in [0.3, 0.4) is 0 Å². The van der Waals surface area contributed by atoms with Crippen molar-refractivity contribution in [1.29, 1.82) is 0 Å². The second kappa shape index (κ2) is 3.25. The molecule has 2 heteroatoms. The summed E-state index contributed by atoms with van der Waals surface area (Å²) in [5.74, 6) is 1.07. The van der Waals surface area contributed by atoms with E-state index in [4.69, 9.17) is 0 Å². The van der Waals surface area contributed by atoms with Gasteiger partial charge in [-0.1, -0.05) is 6.42 Å². The van der Waals surface area contributed by atoms with Gasteiger partial charge in [0.2, 0.25) is 0 Å². The van der Waals surface area contributed by atoms with Crippen LogP contribution < -0.4 is 5.32 Å². The van der Waals surface area contributed by atoms with Crippen molar-refractivity contribution >= 4 is 0 Å². The Hall–Kier alpha value is -0.0800. The molecule has 3 aliphatic rings.